The van der Waals surface area contributed by atoms with Crippen LogP contribution < -0.4 is 0 Å². The lowest BCUT2D eigenvalue weighted by atomic mass is 10.0. The van der Waals surface area contributed by atoms with Crippen molar-refractivity contribution in [2.24, 2.45) is 0 Å². The average molecular weight is 178 g/mol. The fourth-order valence-electron chi connectivity index (χ4n) is 1.55. The molecule has 0 saturated heterocycles. The summed E-state index contributed by atoms with van der Waals surface area (Å²) in [7, 11) is 0. The molecule has 0 bridgehead atoms. The van der Waals surface area contributed by atoms with Gasteiger partial charge in [0.1, 0.15) is 0 Å². The van der Waals surface area contributed by atoms with Crippen molar-refractivity contribution >= 4 is 0 Å². The van der Waals surface area contributed by atoms with Crippen LogP contribution in [0.1, 0.15) is 30.9 Å². The Morgan fingerprint density at radius 1 is 1.38 bits per heavy atom. The van der Waals surface area contributed by atoms with E-state index >= 15 is 0 Å². The van der Waals surface area contributed by atoms with Gasteiger partial charge in [0.25, 0.3) is 0 Å². The fraction of sp³-hybridized carbons (Fsp3) is 0.500. The van der Waals surface area contributed by atoms with E-state index in [1.807, 2.05) is 6.07 Å². The van der Waals surface area contributed by atoms with Crippen LogP contribution in [-0.4, -0.2) is 11.2 Å². The van der Waals surface area contributed by atoms with Crippen molar-refractivity contribution in [3.8, 4) is 0 Å². The highest BCUT2D eigenvalue weighted by molar-refractivity contribution is 5.22. The molecule has 0 spiro atoms. The molecule has 0 aliphatic heterocycles. The molecule has 0 aliphatic carbocycles. The quantitative estimate of drug-likeness (QED) is 0.751. The summed E-state index contributed by atoms with van der Waals surface area (Å²) in [4.78, 5) is 0. The van der Waals surface area contributed by atoms with E-state index in [9.17, 15) is 5.11 Å². The monoisotopic (exact) mass is 178 g/mol. The third-order valence-electron chi connectivity index (χ3n) is 2.18. The molecule has 1 aromatic carbocycles. The van der Waals surface area contributed by atoms with Crippen molar-refractivity contribution in [2.45, 2.75) is 39.2 Å². The smallest absolute Gasteiger partial charge is 0.0580 e. The van der Waals surface area contributed by atoms with Crippen molar-refractivity contribution in [3.05, 3.63) is 35.4 Å². The van der Waals surface area contributed by atoms with E-state index in [0.29, 0.717) is 0 Å². The Kier molecular flexibility index (Phi) is 3.97. The Balaban J connectivity index is 2.53. The van der Waals surface area contributed by atoms with Gasteiger partial charge in [-0.2, -0.15) is 0 Å². The molecule has 0 aliphatic rings. The number of hydrogen-bond donors (Lipinski definition) is 1. The maximum atomic E-state index is 9.59. The Bertz CT molecular complexity index is 255. The zero-order valence-corrected chi connectivity index (χ0v) is 8.46. The molecule has 1 aromatic rings. The molecule has 0 heterocycles. The molecule has 0 aromatic heterocycles. The number of aliphatic hydroxyl groups is 1. The van der Waals surface area contributed by atoms with Gasteiger partial charge in [-0.05, 0) is 25.3 Å². The van der Waals surface area contributed by atoms with E-state index in [0.717, 1.165) is 19.3 Å². The van der Waals surface area contributed by atoms with Crippen LogP contribution in [0.3, 0.4) is 0 Å². The van der Waals surface area contributed by atoms with Crippen LogP contribution in [0, 0.1) is 6.92 Å². The van der Waals surface area contributed by atoms with Crippen molar-refractivity contribution < 1.29 is 5.11 Å². The zero-order valence-electron chi connectivity index (χ0n) is 8.46. The SMILES string of the molecule is CCC[C@H](O)Cc1cccc(C)c1. The molecule has 72 valence electrons. The number of hydrogen-bond acceptors (Lipinski definition) is 1. The van der Waals surface area contributed by atoms with Crippen molar-refractivity contribution in [1.82, 2.24) is 0 Å². The van der Waals surface area contributed by atoms with E-state index in [-0.39, 0.29) is 6.10 Å². The third-order valence-corrected chi connectivity index (χ3v) is 2.18. The first-order valence-corrected chi connectivity index (χ1v) is 4.96. The minimum atomic E-state index is -0.174. The molecule has 0 amide bonds. The average Bonchev–Trinajstić information content (AvgIpc) is 2.04. The molecule has 13 heavy (non-hydrogen) atoms. The second kappa shape index (κ2) is 5.03. The summed E-state index contributed by atoms with van der Waals surface area (Å²) in [6, 6.07) is 8.34. The van der Waals surface area contributed by atoms with Crippen LogP contribution in [-0.2, 0) is 6.42 Å². The van der Waals surface area contributed by atoms with Gasteiger partial charge in [0.05, 0.1) is 6.10 Å². The minimum Gasteiger partial charge on any atom is -0.393 e. The van der Waals surface area contributed by atoms with Gasteiger partial charge in [-0.1, -0.05) is 43.2 Å². The summed E-state index contributed by atoms with van der Waals surface area (Å²) in [5.74, 6) is 0. The molecule has 1 N–H and O–H groups in total. The third kappa shape index (κ3) is 3.60. The van der Waals surface area contributed by atoms with Crippen LogP contribution in [0.15, 0.2) is 24.3 Å². The lowest BCUT2D eigenvalue weighted by Gasteiger charge is -2.09. The molecule has 1 rings (SSSR count). The van der Waals surface area contributed by atoms with E-state index in [2.05, 4.69) is 32.0 Å². The molecule has 1 heteroatoms. The maximum absolute atomic E-state index is 9.59. The van der Waals surface area contributed by atoms with Gasteiger partial charge in [0.15, 0.2) is 0 Å². The topological polar surface area (TPSA) is 20.2 Å². The molecule has 0 saturated carbocycles. The molecule has 1 atom stereocenters. The normalized spacial score (nSPS) is 12.8. The fourth-order valence-corrected chi connectivity index (χ4v) is 1.55. The summed E-state index contributed by atoms with van der Waals surface area (Å²) in [6.07, 6.45) is 2.56. The molecular weight excluding hydrogens is 160 g/mol. The zero-order chi connectivity index (χ0) is 9.68. The van der Waals surface area contributed by atoms with Crippen LogP contribution in [0.2, 0.25) is 0 Å². The summed E-state index contributed by atoms with van der Waals surface area (Å²) in [5.41, 5.74) is 2.50. The Labute approximate surface area is 80.4 Å². The minimum absolute atomic E-state index is 0.174. The van der Waals surface area contributed by atoms with E-state index in [4.69, 9.17) is 0 Å². The highest BCUT2D eigenvalue weighted by atomic mass is 16.3. The number of benzene rings is 1. The van der Waals surface area contributed by atoms with E-state index in [1.165, 1.54) is 11.1 Å². The molecular formula is C12H18O. The van der Waals surface area contributed by atoms with Crippen molar-refractivity contribution in [3.63, 3.8) is 0 Å². The van der Waals surface area contributed by atoms with Gasteiger partial charge in [0.2, 0.25) is 0 Å². The van der Waals surface area contributed by atoms with Crippen molar-refractivity contribution in [1.29, 1.82) is 0 Å². The van der Waals surface area contributed by atoms with Crippen LogP contribution in [0.25, 0.3) is 0 Å². The van der Waals surface area contributed by atoms with Gasteiger partial charge in [-0.15, -0.1) is 0 Å². The van der Waals surface area contributed by atoms with E-state index in [1.54, 1.807) is 0 Å². The second-order valence-electron chi connectivity index (χ2n) is 3.64. The van der Waals surface area contributed by atoms with Gasteiger partial charge in [-0.3, -0.25) is 0 Å². The molecule has 1 nitrogen and oxygen atoms in total. The summed E-state index contributed by atoms with van der Waals surface area (Å²) >= 11 is 0. The lowest BCUT2D eigenvalue weighted by Crippen LogP contribution is -2.09. The number of rotatable bonds is 4. The van der Waals surface area contributed by atoms with Crippen LogP contribution in [0.4, 0.5) is 0 Å². The summed E-state index contributed by atoms with van der Waals surface area (Å²) in [6.45, 7) is 4.18. The first-order valence-electron chi connectivity index (χ1n) is 4.96. The lowest BCUT2D eigenvalue weighted by molar-refractivity contribution is 0.164. The molecule has 0 fully saturated rings. The van der Waals surface area contributed by atoms with Crippen LogP contribution in [0.5, 0.6) is 0 Å². The molecule has 0 unspecified atom stereocenters. The Morgan fingerprint density at radius 2 is 2.15 bits per heavy atom. The van der Waals surface area contributed by atoms with Gasteiger partial charge in [-0.25, -0.2) is 0 Å². The highest BCUT2D eigenvalue weighted by Crippen LogP contribution is 2.09. The number of aliphatic hydroxyl groups excluding tert-OH is 1. The summed E-state index contributed by atoms with van der Waals surface area (Å²) < 4.78 is 0. The Morgan fingerprint density at radius 3 is 2.77 bits per heavy atom. The largest absolute Gasteiger partial charge is 0.393 e. The van der Waals surface area contributed by atoms with Crippen molar-refractivity contribution in [2.75, 3.05) is 0 Å². The first kappa shape index (κ1) is 10.3. The van der Waals surface area contributed by atoms with Crippen LogP contribution >= 0.6 is 0 Å². The van der Waals surface area contributed by atoms with E-state index < -0.39 is 0 Å². The van der Waals surface area contributed by atoms with Gasteiger partial charge >= 0.3 is 0 Å². The van der Waals surface area contributed by atoms with Gasteiger partial charge in [0, 0.05) is 0 Å². The maximum Gasteiger partial charge on any atom is 0.0580 e. The first-order chi connectivity index (χ1) is 6.22. The highest BCUT2D eigenvalue weighted by Gasteiger charge is 2.03. The second-order valence-corrected chi connectivity index (χ2v) is 3.64. The standard InChI is InChI=1S/C12H18O/c1-3-5-12(13)9-11-7-4-6-10(2)8-11/h4,6-8,12-13H,3,5,9H2,1-2H3/t12-/m0/s1. The van der Waals surface area contributed by atoms with Gasteiger partial charge < -0.3 is 5.11 Å². The predicted octanol–water partition coefficient (Wildman–Crippen LogP) is 2.70. The molecule has 0 radical (unpaired) electrons. The number of aryl methyl sites for hydroxylation is 1. The predicted molar refractivity (Wildman–Crippen MR) is 55.8 cm³/mol. The Hall–Kier alpha value is -0.820. The summed E-state index contributed by atoms with van der Waals surface area (Å²) in [5, 5.41) is 9.59.